The van der Waals surface area contributed by atoms with Crippen LogP contribution in [0.3, 0.4) is 0 Å². The molecule has 0 aliphatic rings. The van der Waals surface area contributed by atoms with Gasteiger partial charge in [-0.25, -0.2) is 0 Å². The highest BCUT2D eigenvalue weighted by Crippen LogP contribution is 2.27. The van der Waals surface area contributed by atoms with Gasteiger partial charge in [-0.3, -0.25) is 0 Å². The number of nitrogens with zero attached hydrogens (tertiary/aromatic N) is 1. The Hall–Kier alpha value is -0.750. The van der Waals surface area contributed by atoms with Crippen molar-refractivity contribution in [2.45, 2.75) is 25.6 Å². The van der Waals surface area contributed by atoms with Crippen molar-refractivity contribution < 1.29 is 13.2 Å². The molecule has 0 spiro atoms. The lowest BCUT2D eigenvalue weighted by Crippen LogP contribution is -2.32. The van der Waals surface area contributed by atoms with Crippen LogP contribution in [0.1, 0.15) is 12.5 Å². The van der Waals surface area contributed by atoms with Crippen molar-refractivity contribution in [3.8, 4) is 0 Å². The Balaban J connectivity index is 2.99. The number of alkyl halides is 3. The number of hydrogen-bond acceptors (Lipinski definition) is 2. The fraction of sp³-hybridized carbons (Fsp3) is 0.500. The van der Waals surface area contributed by atoms with Gasteiger partial charge in [-0.2, -0.15) is 13.2 Å². The lowest BCUT2D eigenvalue weighted by molar-refractivity contribution is -0.119. The van der Waals surface area contributed by atoms with Crippen molar-refractivity contribution >= 4 is 21.6 Å². The van der Waals surface area contributed by atoms with Gasteiger partial charge in [0.15, 0.2) is 0 Å². The van der Waals surface area contributed by atoms with E-state index in [0.717, 1.165) is 10.0 Å². The Morgan fingerprint density at radius 3 is 2.50 bits per heavy atom. The summed E-state index contributed by atoms with van der Waals surface area (Å²) in [5, 5.41) is 0. The molecule has 1 aromatic carbocycles. The van der Waals surface area contributed by atoms with E-state index >= 15 is 0 Å². The molecule has 1 atom stereocenters. The van der Waals surface area contributed by atoms with Crippen LogP contribution in [-0.2, 0) is 6.42 Å². The molecule has 2 N–H and O–H groups in total. The topological polar surface area (TPSA) is 29.3 Å². The summed E-state index contributed by atoms with van der Waals surface area (Å²) in [6.07, 6.45) is -3.68. The molecule has 0 amide bonds. The van der Waals surface area contributed by atoms with Crippen LogP contribution in [-0.4, -0.2) is 25.8 Å². The maximum Gasteiger partial charge on any atom is 0.405 e. The third kappa shape index (κ3) is 4.86. The van der Waals surface area contributed by atoms with Gasteiger partial charge in [0.25, 0.3) is 0 Å². The first-order valence-corrected chi connectivity index (χ1v) is 6.30. The van der Waals surface area contributed by atoms with E-state index in [-0.39, 0.29) is 6.04 Å². The minimum absolute atomic E-state index is 0.0997. The molecule has 102 valence electrons. The molecule has 0 heterocycles. The van der Waals surface area contributed by atoms with Crippen molar-refractivity contribution in [2.75, 3.05) is 18.5 Å². The third-order valence-electron chi connectivity index (χ3n) is 2.41. The summed E-state index contributed by atoms with van der Waals surface area (Å²) < 4.78 is 38.0. The van der Waals surface area contributed by atoms with Gasteiger partial charge in [0.1, 0.15) is 6.54 Å². The predicted molar refractivity (Wildman–Crippen MR) is 70.8 cm³/mol. The van der Waals surface area contributed by atoms with Crippen LogP contribution < -0.4 is 10.6 Å². The molecule has 6 heteroatoms. The zero-order valence-corrected chi connectivity index (χ0v) is 11.8. The zero-order valence-electron chi connectivity index (χ0n) is 10.3. The van der Waals surface area contributed by atoms with Gasteiger partial charge in [0.05, 0.1) is 0 Å². The molecule has 0 aliphatic heterocycles. The molecule has 1 rings (SSSR count). The summed E-state index contributed by atoms with van der Waals surface area (Å²) >= 11 is 3.32. The lowest BCUT2D eigenvalue weighted by atomic mass is 10.0. The van der Waals surface area contributed by atoms with E-state index in [9.17, 15) is 13.2 Å². The van der Waals surface area contributed by atoms with E-state index < -0.39 is 12.7 Å². The molecule has 18 heavy (non-hydrogen) atoms. The first kappa shape index (κ1) is 15.3. The van der Waals surface area contributed by atoms with Crippen LogP contribution in [0.2, 0.25) is 0 Å². The first-order chi connectivity index (χ1) is 8.19. The van der Waals surface area contributed by atoms with Gasteiger partial charge in [-0.05, 0) is 37.1 Å². The molecule has 0 bridgehead atoms. The minimum Gasteiger partial charge on any atom is -0.365 e. The van der Waals surface area contributed by atoms with Crippen molar-refractivity contribution in [3.63, 3.8) is 0 Å². The fourth-order valence-electron chi connectivity index (χ4n) is 1.79. The summed E-state index contributed by atoms with van der Waals surface area (Å²) in [4.78, 5) is 1.20. The number of hydrogen-bond donors (Lipinski definition) is 1. The molecule has 1 unspecified atom stereocenters. The standard InChI is InChI=1S/C12H16BrF3N2/c1-8(17)5-9-6-10(13)3-4-11(9)18(2)7-12(14,15)16/h3-4,6,8H,5,7,17H2,1-2H3. The molecule has 0 fully saturated rings. The number of rotatable bonds is 4. The number of halogens is 4. The van der Waals surface area contributed by atoms with E-state index in [1.165, 1.54) is 11.9 Å². The third-order valence-corrected chi connectivity index (χ3v) is 2.90. The Labute approximate surface area is 113 Å². The van der Waals surface area contributed by atoms with Gasteiger partial charge in [0.2, 0.25) is 0 Å². The van der Waals surface area contributed by atoms with E-state index in [0.29, 0.717) is 12.1 Å². The molecule has 1 aromatic rings. The van der Waals surface area contributed by atoms with Crippen molar-refractivity contribution in [1.29, 1.82) is 0 Å². The van der Waals surface area contributed by atoms with E-state index in [1.807, 2.05) is 13.0 Å². The summed E-state index contributed by atoms with van der Waals surface area (Å²) in [5.74, 6) is 0. The Morgan fingerprint density at radius 1 is 1.39 bits per heavy atom. The molecule has 0 aromatic heterocycles. The molecule has 0 saturated carbocycles. The van der Waals surface area contributed by atoms with Gasteiger partial charge in [-0.15, -0.1) is 0 Å². The highest BCUT2D eigenvalue weighted by molar-refractivity contribution is 9.10. The van der Waals surface area contributed by atoms with E-state index in [2.05, 4.69) is 15.9 Å². The van der Waals surface area contributed by atoms with Crippen molar-refractivity contribution in [3.05, 3.63) is 28.2 Å². The highest BCUT2D eigenvalue weighted by Gasteiger charge is 2.30. The van der Waals surface area contributed by atoms with E-state index in [4.69, 9.17) is 5.73 Å². The monoisotopic (exact) mass is 324 g/mol. The average molecular weight is 325 g/mol. The second-order valence-electron chi connectivity index (χ2n) is 4.43. The zero-order chi connectivity index (χ0) is 13.9. The lowest BCUT2D eigenvalue weighted by Gasteiger charge is -2.24. The molecule has 0 radical (unpaired) electrons. The largest absolute Gasteiger partial charge is 0.405 e. The van der Waals surface area contributed by atoms with E-state index in [1.54, 1.807) is 12.1 Å². The van der Waals surface area contributed by atoms with Crippen molar-refractivity contribution in [1.82, 2.24) is 0 Å². The second-order valence-corrected chi connectivity index (χ2v) is 5.34. The minimum atomic E-state index is -4.21. The smallest absolute Gasteiger partial charge is 0.365 e. The van der Waals surface area contributed by atoms with Gasteiger partial charge >= 0.3 is 6.18 Å². The second kappa shape index (κ2) is 5.93. The first-order valence-electron chi connectivity index (χ1n) is 5.51. The predicted octanol–water partition coefficient (Wildman–Crippen LogP) is 3.34. The summed E-state index contributed by atoms with van der Waals surface area (Å²) in [5.41, 5.74) is 7.09. The maximum absolute atomic E-state index is 12.4. The van der Waals surface area contributed by atoms with Crippen LogP contribution in [0.5, 0.6) is 0 Å². The van der Waals surface area contributed by atoms with Crippen LogP contribution in [0.25, 0.3) is 0 Å². The Kier molecular flexibility index (Phi) is 5.04. The Bertz CT molecular complexity index is 405. The summed E-state index contributed by atoms with van der Waals surface area (Å²) in [7, 11) is 1.43. The van der Waals surface area contributed by atoms with Crippen LogP contribution in [0.4, 0.5) is 18.9 Å². The molecular formula is C12H16BrF3N2. The fourth-order valence-corrected chi connectivity index (χ4v) is 2.20. The average Bonchev–Trinajstić information content (AvgIpc) is 2.13. The Morgan fingerprint density at radius 2 is 2.00 bits per heavy atom. The van der Waals surface area contributed by atoms with Gasteiger partial charge in [0, 0.05) is 23.2 Å². The summed E-state index contributed by atoms with van der Waals surface area (Å²) in [6, 6.07) is 5.11. The highest BCUT2D eigenvalue weighted by atomic mass is 79.9. The van der Waals surface area contributed by atoms with Crippen LogP contribution in [0.15, 0.2) is 22.7 Å². The summed E-state index contributed by atoms with van der Waals surface area (Å²) in [6.45, 7) is 0.856. The van der Waals surface area contributed by atoms with Gasteiger partial charge < -0.3 is 10.6 Å². The maximum atomic E-state index is 12.4. The molecule has 0 aliphatic carbocycles. The number of benzene rings is 1. The van der Waals surface area contributed by atoms with Crippen LogP contribution >= 0.6 is 15.9 Å². The molecule has 2 nitrogen and oxygen atoms in total. The van der Waals surface area contributed by atoms with Gasteiger partial charge in [-0.1, -0.05) is 15.9 Å². The SMILES string of the molecule is CC(N)Cc1cc(Br)ccc1N(C)CC(F)(F)F. The molecular weight excluding hydrogens is 309 g/mol. The number of anilines is 1. The number of nitrogens with two attached hydrogens (primary N) is 1. The van der Waals surface area contributed by atoms with Crippen molar-refractivity contribution in [2.24, 2.45) is 5.73 Å². The van der Waals surface area contributed by atoms with Crippen LogP contribution in [0, 0.1) is 0 Å². The molecule has 0 saturated heterocycles. The quantitative estimate of drug-likeness (QED) is 0.920. The normalized spacial score (nSPS) is 13.5.